The second kappa shape index (κ2) is 14.4. The SMILES string of the molecule is CCC1(NCc2cc(C(=O)OCCCCCCCCCCl)cc(Br)c2N)CCCCC1. The molecule has 0 aromatic heterocycles. The van der Waals surface area contributed by atoms with Gasteiger partial charge in [0.1, 0.15) is 0 Å². The molecule has 1 aromatic carbocycles. The number of ether oxygens (including phenoxy) is 1. The zero-order valence-electron chi connectivity index (χ0n) is 19.1. The van der Waals surface area contributed by atoms with E-state index in [1.807, 2.05) is 6.07 Å². The van der Waals surface area contributed by atoms with Crippen molar-refractivity contribution in [3.8, 4) is 0 Å². The Balaban J connectivity index is 1.82. The van der Waals surface area contributed by atoms with Crippen molar-refractivity contribution in [1.82, 2.24) is 5.32 Å². The molecular weight excluding hydrogens is 476 g/mol. The Morgan fingerprint density at radius 3 is 2.39 bits per heavy atom. The molecule has 0 unspecified atom stereocenters. The maximum absolute atomic E-state index is 12.6. The number of nitrogens with one attached hydrogen (secondary N) is 1. The zero-order valence-corrected chi connectivity index (χ0v) is 21.5. The van der Waals surface area contributed by atoms with E-state index in [2.05, 4.69) is 28.2 Å². The summed E-state index contributed by atoms with van der Waals surface area (Å²) in [6.07, 6.45) is 15.4. The van der Waals surface area contributed by atoms with Crippen molar-refractivity contribution in [2.75, 3.05) is 18.2 Å². The van der Waals surface area contributed by atoms with E-state index >= 15 is 0 Å². The maximum atomic E-state index is 12.6. The number of nitrogen functional groups attached to an aromatic ring is 1. The van der Waals surface area contributed by atoms with E-state index in [0.29, 0.717) is 24.4 Å². The number of carbonyl (C=O) groups is 1. The molecule has 2 rings (SSSR count). The van der Waals surface area contributed by atoms with E-state index in [4.69, 9.17) is 22.1 Å². The highest BCUT2D eigenvalue weighted by Gasteiger charge is 2.29. The summed E-state index contributed by atoms with van der Waals surface area (Å²) < 4.78 is 6.27. The maximum Gasteiger partial charge on any atom is 0.338 e. The van der Waals surface area contributed by atoms with Crippen LogP contribution in [-0.2, 0) is 11.3 Å². The first-order valence-corrected chi connectivity index (χ1v) is 13.4. The van der Waals surface area contributed by atoms with Gasteiger partial charge in [0.25, 0.3) is 0 Å². The first kappa shape index (κ1) is 26.5. The van der Waals surface area contributed by atoms with Gasteiger partial charge in [0.2, 0.25) is 0 Å². The Kier molecular flexibility index (Phi) is 12.3. The lowest BCUT2D eigenvalue weighted by molar-refractivity contribution is 0.0497. The largest absolute Gasteiger partial charge is 0.462 e. The zero-order chi connectivity index (χ0) is 22.5. The Hall–Kier alpha value is -0.780. The van der Waals surface area contributed by atoms with Crippen LogP contribution in [0.4, 0.5) is 5.69 Å². The van der Waals surface area contributed by atoms with Gasteiger partial charge in [0.15, 0.2) is 0 Å². The molecule has 0 bridgehead atoms. The van der Waals surface area contributed by atoms with Crippen molar-refractivity contribution < 1.29 is 9.53 Å². The van der Waals surface area contributed by atoms with Gasteiger partial charge in [0.05, 0.1) is 17.9 Å². The van der Waals surface area contributed by atoms with Gasteiger partial charge >= 0.3 is 5.97 Å². The second-order valence-corrected chi connectivity index (χ2v) is 10.1. The molecule has 1 fully saturated rings. The topological polar surface area (TPSA) is 64.3 Å². The number of hydrogen-bond donors (Lipinski definition) is 2. The molecule has 6 heteroatoms. The van der Waals surface area contributed by atoms with Gasteiger partial charge in [-0.1, -0.05) is 58.3 Å². The van der Waals surface area contributed by atoms with Crippen LogP contribution in [0.15, 0.2) is 16.6 Å². The van der Waals surface area contributed by atoms with Crippen molar-refractivity contribution in [2.24, 2.45) is 0 Å². The lowest BCUT2D eigenvalue weighted by Crippen LogP contribution is -2.45. The normalized spacial score (nSPS) is 15.7. The second-order valence-electron chi connectivity index (χ2n) is 8.88. The molecule has 0 spiro atoms. The predicted molar refractivity (Wildman–Crippen MR) is 135 cm³/mol. The highest BCUT2D eigenvalue weighted by Crippen LogP contribution is 2.32. The summed E-state index contributed by atoms with van der Waals surface area (Å²) in [6.45, 7) is 3.39. The number of nitrogens with two attached hydrogens (primary N) is 1. The van der Waals surface area contributed by atoms with E-state index in [1.165, 1.54) is 57.8 Å². The smallest absolute Gasteiger partial charge is 0.338 e. The minimum absolute atomic E-state index is 0.192. The summed E-state index contributed by atoms with van der Waals surface area (Å²) in [6, 6.07) is 3.66. The number of halogens is 2. The summed E-state index contributed by atoms with van der Waals surface area (Å²) in [5.41, 5.74) is 8.71. The third-order valence-electron chi connectivity index (χ3n) is 6.60. The fourth-order valence-corrected chi connectivity index (χ4v) is 5.12. The van der Waals surface area contributed by atoms with Crippen LogP contribution in [0.1, 0.15) is 106 Å². The summed E-state index contributed by atoms with van der Waals surface area (Å²) >= 11 is 9.22. The summed E-state index contributed by atoms with van der Waals surface area (Å²) in [5, 5.41) is 3.76. The standard InChI is InChI=1S/C25H40BrClN2O2/c1-2-25(13-9-8-10-14-25)29-19-21-17-20(18-22(26)23(21)28)24(30)31-16-12-7-5-3-4-6-11-15-27/h17-18,29H,2-16,19,28H2,1H3. The van der Waals surface area contributed by atoms with Gasteiger partial charge in [-0.3, -0.25) is 0 Å². The van der Waals surface area contributed by atoms with E-state index < -0.39 is 0 Å². The number of rotatable bonds is 14. The van der Waals surface area contributed by atoms with Crippen molar-refractivity contribution in [3.05, 3.63) is 27.7 Å². The van der Waals surface area contributed by atoms with E-state index in [9.17, 15) is 4.79 Å². The van der Waals surface area contributed by atoms with Crippen molar-refractivity contribution in [2.45, 2.75) is 102 Å². The minimum atomic E-state index is -0.271. The molecule has 0 radical (unpaired) electrons. The summed E-state index contributed by atoms with van der Waals surface area (Å²) in [5.74, 6) is 0.487. The number of esters is 1. The molecule has 31 heavy (non-hydrogen) atoms. The Morgan fingerprint density at radius 2 is 1.74 bits per heavy atom. The quantitative estimate of drug-likeness (QED) is 0.118. The number of hydrogen-bond acceptors (Lipinski definition) is 4. The lowest BCUT2D eigenvalue weighted by atomic mass is 9.79. The molecule has 0 heterocycles. The third kappa shape index (κ3) is 8.94. The molecule has 0 atom stereocenters. The molecule has 176 valence electrons. The highest BCUT2D eigenvalue weighted by molar-refractivity contribution is 9.10. The number of anilines is 1. The van der Waals surface area contributed by atoms with Gasteiger partial charge in [-0.25, -0.2) is 4.79 Å². The Morgan fingerprint density at radius 1 is 1.10 bits per heavy atom. The monoisotopic (exact) mass is 514 g/mol. The third-order valence-corrected chi connectivity index (χ3v) is 7.53. The average Bonchev–Trinajstić information content (AvgIpc) is 2.79. The van der Waals surface area contributed by atoms with Crippen LogP contribution in [0, 0.1) is 0 Å². The van der Waals surface area contributed by atoms with E-state index in [0.717, 1.165) is 41.6 Å². The van der Waals surface area contributed by atoms with E-state index in [-0.39, 0.29) is 11.5 Å². The van der Waals surface area contributed by atoms with Gasteiger partial charge < -0.3 is 15.8 Å². The Bertz CT molecular complexity index is 678. The fraction of sp³-hybridized carbons (Fsp3) is 0.720. The predicted octanol–water partition coefficient (Wildman–Crippen LogP) is 7.36. The van der Waals surface area contributed by atoms with Gasteiger partial charge in [-0.05, 0) is 65.7 Å². The lowest BCUT2D eigenvalue weighted by Gasteiger charge is -2.38. The van der Waals surface area contributed by atoms with Crippen LogP contribution in [0.25, 0.3) is 0 Å². The molecule has 1 aliphatic rings. The summed E-state index contributed by atoms with van der Waals surface area (Å²) in [7, 11) is 0. The molecule has 4 nitrogen and oxygen atoms in total. The minimum Gasteiger partial charge on any atom is -0.462 e. The number of benzene rings is 1. The first-order chi connectivity index (χ1) is 15.0. The Labute approximate surface area is 202 Å². The molecule has 0 saturated heterocycles. The van der Waals surface area contributed by atoms with Gasteiger partial charge in [-0.15, -0.1) is 11.6 Å². The van der Waals surface area contributed by atoms with Crippen LogP contribution in [0.5, 0.6) is 0 Å². The van der Waals surface area contributed by atoms with Crippen LogP contribution in [0.2, 0.25) is 0 Å². The number of unbranched alkanes of at least 4 members (excludes halogenated alkanes) is 6. The van der Waals surface area contributed by atoms with Crippen LogP contribution in [0.3, 0.4) is 0 Å². The molecular formula is C25H40BrClN2O2. The fourth-order valence-electron chi connectivity index (χ4n) is 4.43. The van der Waals surface area contributed by atoms with Crippen molar-refractivity contribution in [3.63, 3.8) is 0 Å². The van der Waals surface area contributed by atoms with Crippen molar-refractivity contribution >= 4 is 39.2 Å². The summed E-state index contributed by atoms with van der Waals surface area (Å²) in [4.78, 5) is 12.6. The molecule has 1 saturated carbocycles. The van der Waals surface area contributed by atoms with Crippen LogP contribution >= 0.6 is 27.5 Å². The molecule has 3 N–H and O–H groups in total. The van der Waals surface area contributed by atoms with Crippen LogP contribution in [-0.4, -0.2) is 24.0 Å². The van der Waals surface area contributed by atoms with E-state index in [1.54, 1.807) is 6.07 Å². The highest BCUT2D eigenvalue weighted by atomic mass is 79.9. The van der Waals surface area contributed by atoms with Crippen molar-refractivity contribution in [1.29, 1.82) is 0 Å². The van der Waals surface area contributed by atoms with Crippen LogP contribution < -0.4 is 11.1 Å². The average molecular weight is 516 g/mol. The molecule has 1 aromatic rings. The number of alkyl halides is 1. The number of carbonyl (C=O) groups excluding carboxylic acids is 1. The van der Waals surface area contributed by atoms with Gasteiger partial charge in [-0.2, -0.15) is 0 Å². The molecule has 0 amide bonds. The molecule has 0 aliphatic heterocycles. The first-order valence-electron chi connectivity index (χ1n) is 12.1. The molecule has 1 aliphatic carbocycles. The van der Waals surface area contributed by atoms with Gasteiger partial charge in [0, 0.05) is 22.4 Å².